The summed E-state index contributed by atoms with van der Waals surface area (Å²) in [5.41, 5.74) is 7.25. The van der Waals surface area contributed by atoms with E-state index in [2.05, 4.69) is 67.1 Å². The number of para-hydroxylation sites is 1. The molecule has 0 aliphatic heterocycles. The topological polar surface area (TPSA) is 66.6 Å². The quantitative estimate of drug-likeness (QED) is 0.282. The van der Waals surface area contributed by atoms with E-state index in [1.54, 1.807) is 0 Å². The molecule has 2 heterocycles. The van der Waals surface area contributed by atoms with Crippen LogP contribution in [0.2, 0.25) is 0 Å². The molecule has 6 aromatic rings. The second kappa shape index (κ2) is 8.13. The summed E-state index contributed by atoms with van der Waals surface area (Å²) in [6.07, 6.45) is 0. The first-order chi connectivity index (χ1) is 16.9. The van der Waals surface area contributed by atoms with Gasteiger partial charge >= 0.3 is 0 Å². The van der Waals surface area contributed by atoms with E-state index in [0.717, 1.165) is 61.9 Å². The molecule has 0 bridgehead atoms. The fraction of sp³-hybridized carbons (Fsp3) is 0.133. The monoisotopic (exact) mass is 458 g/mol. The Morgan fingerprint density at radius 2 is 1.17 bits per heavy atom. The highest BCUT2D eigenvalue weighted by molar-refractivity contribution is 5.87. The van der Waals surface area contributed by atoms with Gasteiger partial charge in [-0.15, -0.1) is 0 Å². The number of imidazole rings is 2. The predicted molar refractivity (Wildman–Crippen MR) is 142 cm³/mol. The lowest BCUT2D eigenvalue weighted by Crippen LogP contribution is -2.12. The molecule has 6 rings (SSSR count). The summed E-state index contributed by atoms with van der Waals surface area (Å²) in [6.45, 7) is 6.50. The standard InChI is InChI=1S/C30H26N4O/c1-30(2,3)29-33-25-16-12-21(18-27(25)34-29)20-11-15-24-26(17-20)32-28(31-24)19-9-13-23(14-10-19)35-22-7-5-4-6-8-22/h4-18H,1-3H3,(H,31,32)(H,33,34). The van der Waals surface area contributed by atoms with Crippen LogP contribution in [0.5, 0.6) is 11.5 Å². The molecular weight excluding hydrogens is 432 g/mol. The molecule has 2 aromatic heterocycles. The van der Waals surface area contributed by atoms with Gasteiger partial charge in [0.15, 0.2) is 0 Å². The molecule has 0 unspecified atom stereocenters. The number of H-pyrrole nitrogens is 2. The molecule has 0 atom stereocenters. The molecule has 4 aromatic carbocycles. The highest BCUT2D eigenvalue weighted by Gasteiger charge is 2.18. The Morgan fingerprint density at radius 1 is 0.600 bits per heavy atom. The van der Waals surface area contributed by atoms with Crippen molar-refractivity contribution in [2.75, 3.05) is 0 Å². The van der Waals surface area contributed by atoms with Crippen molar-refractivity contribution in [3.63, 3.8) is 0 Å². The average molecular weight is 459 g/mol. The Hall–Kier alpha value is -4.38. The zero-order chi connectivity index (χ0) is 24.0. The van der Waals surface area contributed by atoms with Crippen molar-refractivity contribution >= 4 is 22.1 Å². The van der Waals surface area contributed by atoms with E-state index in [-0.39, 0.29) is 5.41 Å². The lowest BCUT2D eigenvalue weighted by atomic mass is 9.96. The molecule has 0 radical (unpaired) electrons. The second-order valence-electron chi connectivity index (χ2n) is 9.82. The maximum Gasteiger partial charge on any atom is 0.138 e. The first kappa shape index (κ1) is 21.2. The Labute approximate surface area is 203 Å². The summed E-state index contributed by atoms with van der Waals surface area (Å²) in [5, 5.41) is 0. The summed E-state index contributed by atoms with van der Waals surface area (Å²) in [4.78, 5) is 16.5. The molecule has 0 aliphatic carbocycles. The van der Waals surface area contributed by atoms with Crippen LogP contribution in [-0.2, 0) is 5.41 Å². The van der Waals surface area contributed by atoms with E-state index < -0.39 is 0 Å². The van der Waals surface area contributed by atoms with Gasteiger partial charge in [-0.3, -0.25) is 0 Å². The van der Waals surface area contributed by atoms with Crippen molar-refractivity contribution in [1.29, 1.82) is 0 Å². The number of aromatic nitrogens is 4. The maximum atomic E-state index is 5.91. The molecule has 5 heteroatoms. The SMILES string of the molecule is CC(C)(C)c1nc2ccc(-c3ccc4nc(-c5ccc(Oc6ccccc6)cc5)[nH]c4c3)cc2[nH]1. The van der Waals surface area contributed by atoms with Crippen molar-refractivity contribution in [1.82, 2.24) is 19.9 Å². The van der Waals surface area contributed by atoms with E-state index in [1.807, 2.05) is 54.6 Å². The minimum atomic E-state index is -0.0176. The first-order valence-corrected chi connectivity index (χ1v) is 11.8. The lowest BCUT2D eigenvalue weighted by molar-refractivity contribution is 0.483. The van der Waals surface area contributed by atoms with E-state index in [4.69, 9.17) is 14.7 Å². The van der Waals surface area contributed by atoms with Crippen LogP contribution in [0.1, 0.15) is 26.6 Å². The average Bonchev–Trinajstić information content (AvgIpc) is 3.48. The number of ether oxygens (including phenoxy) is 1. The van der Waals surface area contributed by atoms with Gasteiger partial charge in [0, 0.05) is 11.0 Å². The van der Waals surface area contributed by atoms with Gasteiger partial charge in [-0.1, -0.05) is 51.1 Å². The van der Waals surface area contributed by atoms with Gasteiger partial charge in [-0.05, 0) is 71.8 Å². The summed E-state index contributed by atoms with van der Waals surface area (Å²) in [6, 6.07) is 30.5. The van der Waals surface area contributed by atoms with Crippen LogP contribution in [0, 0.1) is 0 Å². The third kappa shape index (κ3) is 4.17. The smallest absolute Gasteiger partial charge is 0.138 e. The number of nitrogens with zero attached hydrogens (tertiary/aromatic N) is 2. The van der Waals surface area contributed by atoms with Gasteiger partial charge in [0.2, 0.25) is 0 Å². The van der Waals surface area contributed by atoms with Crippen LogP contribution >= 0.6 is 0 Å². The molecule has 0 spiro atoms. The van der Waals surface area contributed by atoms with Crippen molar-refractivity contribution in [3.8, 4) is 34.0 Å². The van der Waals surface area contributed by atoms with Crippen molar-refractivity contribution in [3.05, 3.63) is 96.8 Å². The number of hydrogen-bond acceptors (Lipinski definition) is 3. The van der Waals surface area contributed by atoms with Crippen LogP contribution in [0.4, 0.5) is 0 Å². The Bertz CT molecular complexity index is 1640. The Morgan fingerprint density at radius 3 is 1.83 bits per heavy atom. The second-order valence-corrected chi connectivity index (χ2v) is 9.82. The highest BCUT2D eigenvalue weighted by atomic mass is 16.5. The van der Waals surface area contributed by atoms with Crippen molar-refractivity contribution in [2.45, 2.75) is 26.2 Å². The lowest BCUT2D eigenvalue weighted by Gasteiger charge is -2.13. The van der Waals surface area contributed by atoms with Gasteiger partial charge in [0.05, 0.1) is 22.1 Å². The molecule has 0 saturated heterocycles. The summed E-state index contributed by atoms with van der Waals surface area (Å²) < 4.78 is 5.91. The summed E-state index contributed by atoms with van der Waals surface area (Å²) >= 11 is 0. The number of aromatic amines is 2. The molecule has 0 saturated carbocycles. The fourth-order valence-electron chi connectivity index (χ4n) is 4.18. The van der Waals surface area contributed by atoms with Crippen LogP contribution in [0.3, 0.4) is 0 Å². The third-order valence-corrected chi connectivity index (χ3v) is 6.11. The molecule has 172 valence electrons. The van der Waals surface area contributed by atoms with E-state index in [0.29, 0.717) is 0 Å². The van der Waals surface area contributed by atoms with E-state index in [1.165, 1.54) is 0 Å². The largest absolute Gasteiger partial charge is 0.457 e. The summed E-state index contributed by atoms with van der Waals surface area (Å²) in [7, 11) is 0. The maximum absolute atomic E-state index is 5.91. The van der Waals surface area contributed by atoms with Gasteiger partial charge in [-0.25, -0.2) is 9.97 Å². The minimum absolute atomic E-state index is 0.0176. The number of hydrogen-bond donors (Lipinski definition) is 2. The molecule has 0 amide bonds. The number of fused-ring (bicyclic) bond motifs is 2. The molecule has 0 aliphatic rings. The molecule has 0 fully saturated rings. The minimum Gasteiger partial charge on any atom is -0.457 e. The van der Waals surface area contributed by atoms with Crippen LogP contribution in [0.25, 0.3) is 44.6 Å². The van der Waals surface area contributed by atoms with Crippen LogP contribution in [0.15, 0.2) is 91.0 Å². The van der Waals surface area contributed by atoms with Gasteiger partial charge in [0.1, 0.15) is 23.1 Å². The highest BCUT2D eigenvalue weighted by Crippen LogP contribution is 2.30. The zero-order valence-electron chi connectivity index (χ0n) is 20.0. The van der Waals surface area contributed by atoms with Crippen LogP contribution in [-0.4, -0.2) is 19.9 Å². The van der Waals surface area contributed by atoms with Gasteiger partial charge in [0.25, 0.3) is 0 Å². The predicted octanol–water partition coefficient (Wildman–Crippen LogP) is 7.86. The van der Waals surface area contributed by atoms with E-state index in [9.17, 15) is 0 Å². The third-order valence-electron chi connectivity index (χ3n) is 6.11. The molecule has 5 nitrogen and oxygen atoms in total. The van der Waals surface area contributed by atoms with Crippen molar-refractivity contribution in [2.24, 2.45) is 0 Å². The first-order valence-electron chi connectivity index (χ1n) is 11.8. The van der Waals surface area contributed by atoms with Crippen molar-refractivity contribution < 1.29 is 4.74 Å². The van der Waals surface area contributed by atoms with Gasteiger partial charge in [-0.2, -0.15) is 0 Å². The van der Waals surface area contributed by atoms with Gasteiger partial charge < -0.3 is 14.7 Å². The number of benzene rings is 4. The van der Waals surface area contributed by atoms with Crippen LogP contribution < -0.4 is 4.74 Å². The van der Waals surface area contributed by atoms with E-state index >= 15 is 0 Å². The zero-order valence-corrected chi connectivity index (χ0v) is 20.0. The fourth-order valence-corrected chi connectivity index (χ4v) is 4.18. The molecule has 2 N–H and O–H groups in total. The summed E-state index contributed by atoms with van der Waals surface area (Å²) in [5.74, 6) is 3.45. The Kier molecular flexibility index (Phi) is 4.92. The Balaban J connectivity index is 1.28. The normalized spacial score (nSPS) is 11.9. The molecule has 35 heavy (non-hydrogen) atoms. The molecular formula is C30H26N4O. The number of nitrogens with one attached hydrogen (secondary N) is 2. The number of rotatable bonds is 4.